The number of carbonyl (C=O) groups excluding carboxylic acids is 1. The molecule has 2 saturated heterocycles. The Morgan fingerprint density at radius 2 is 1.78 bits per heavy atom. The Kier molecular flexibility index (Phi) is 7.34. The standard InChI is InChI=1S/C22H32N4O4S2/c1-24-19-7-6-18(16-20(19)31-22(24)28)32(29,30)26-13-8-17(9-14-26)21(27)23-10-15-25-11-4-2-3-5-12-25/h6-7,16-17H,2-5,8-15H2,1H3,(H,23,27). The Labute approximate surface area is 193 Å². The maximum absolute atomic E-state index is 13.1. The molecule has 1 aromatic heterocycles. The van der Waals surface area contributed by atoms with Gasteiger partial charge in [-0.05, 0) is 57.0 Å². The van der Waals surface area contributed by atoms with Crippen LogP contribution in [0.15, 0.2) is 27.9 Å². The molecule has 176 valence electrons. The number of carbonyl (C=O) groups is 1. The van der Waals surface area contributed by atoms with Gasteiger partial charge in [-0.2, -0.15) is 4.31 Å². The zero-order valence-electron chi connectivity index (χ0n) is 18.6. The number of aryl methyl sites for hydroxylation is 1. The van der Waals surface area contributed by atoms with E-state index in [9.17, 15) is 18.0 Å². The van der Waals surface area contributed by atoms with E-state index < -0.39 is 10.0 Å². The number of piperidine rings is 1. The molecule has 3 heterocycles. The van der Waals surface area contributed by atoms with Gasteiger partial charge in [-0.1, -0.05) is 24.2 Å². The van der Waals surface area contributed by atoms with Crippen LogP contribution in [0.5, 0.6) is 0 Å². The van der Waals surface area contributed by atoms with Gasteiger partial charge in [0.15, 0.2) is 0 Å². The highest BCUT2D eigenvalue weighted by Gasteiger charge is 2.32. The van der Waals surface area contributed by atoms with Crippen molar-refractivity contribution in [3.05, 3.63) is 27.9 Å². The van der Waals surface area contributed by atoms with Crippen LogP contribution < -0.4 is 10.2 Å². The number of thiazole rings is 1. The van der Waals surface area contributed by atoms with Gasteiger partial charge in [0.05, 0.1) is 15.1 Å². The fraction of sp³-hybridized carbons (Fsp3) is 0.636. The van der Waals surface area contributed by atoms with E-state index in [1.165, 1.54) is 34.6 Å². The molecule has 0 unspecified atom stereocenters. The van der Waals surface area contributed by atoms with Crippen molar-refractivity contribution in [1.29, 1.82) is 0 Å². The van der Waals surface area contributed by atoms with E-state index in [2.05, 4.69) is 10.2 Å². The zero-order valence-corrected chi connectivity index (χ0v) is 20.2. The number of aromatic nitrogens is 1. The predicted molar refractivity (Wildman–Crippen MR) is 126 cm³/mol. The first-order valence-corrected chi connectivity index (χ1v) is 13.7. The number of sulfonamides is 1. The number of benzene rings is 1. The Hall–Kier alpha value is -1.75. The molecule has 1 amide bonds. The number of amides is 1. The molecule has 4 rings (SSSR count). The summed E-state index contributed by atoms with van der Waals surface area (Å²) in [7, 11) is -1.97. The average molecular weight is 481 g/mol. The van der Waals surface area contributed by atoms with Gasteiger partial charge in [0.25, 0.3) is 0 Å². The normalized spacial score (nSPS) is 19.8. The lowest BCUT2D eigenvalue weighted by atomic mass is 9.97. The molecule has 2 fully saturated rings. The zero-order chi connectivity index (χ0) is 22.7. The second kappa shape index (κ2) is 10.0. The first-order chi connectivity index (χ1) is 15.4. The fourth-order valence-electron chi connectivity index (χ4n) is 4.62. The molecule has 0 aliphatic carbocycles. The first-order valence-electron chi connectivity index (χ1n) is 11.5. The van der Waals surface area contributed by atoms with E-state index in [0.29, 0.717) is 37.2 Å². The number of hydrogen-bond donors (Lipinski definition) is 1. The minimum atomic E-state index is -3.65. The summed E-state index contributed by atoms with van der Waals surface area (Å²) >= 11 is 1.05. The highest BCUT2D eigenvalue weighted by atomic mass is 32.2. The second-order valence-corrected chi connectivity index (χ2v) is 11.7. The van der Waals surface area contributed by atoms with Gasteiger partial charge in [-0.15, -0.1) is 0 Å². The molecule has 0 bridgehead atoms. The van der Waals surface area contributed by atoms with E-state index in [1.807, 2.05) is 0 Å². The lowest BCUT2D eigenvalue weighted by Crippen LogP contribution is -2.44. The van der Waals surface area contributed by atoms with Gasteiger partial charge in [0, 0.05) is 39.1 Å². The van der Waals surface area contributed by atoms with Crippen molar-refractivity contribution in [1.82, 2.24) is 19.1 Å². The van der Waals surface area contributed by atoms with Crippen molar-refractivity contribution in [3.63, 3.8) is 0 Å². The Bertz CT molecular complexity index is 1110. The molecule has 2 aromatic rings. The second-order valence-electron chi connectivity index (χ2n) is 8.78. The Morgan fingerprint density at radius 3 is 2.47 bits per heavy atom. The highest BCUT2D eigenvalue weighted by Crippen LogP contribution is 2.27. The number of likely N-dealkylation sites (tertiary alicyclic amines) is 1. The van der Waals surface area contributed by atoms with Gasteiger partial charge in [0.2, 0.25) is 15.9 Å². The minimum Gasteiger partial charge on any atom is -0.355 e. The molecular formula is C22H32N4O4S2. The molecule has 10 heteroatoms. The quantitative estimate of drug-likeness (QED) is 0.683. The van der Waals surface area contributed by atoms with Crippen molar-refractivity contribution in [2.45, 2.75) is 43.4 Å². The van der Waals surface area contributed by atoms with Gasteiger partial charge in [0.1, 0.15) is 0 Å². The lowest BCUT2D eigenvalue weighted by molar-refractivity contribution is -0.126. The smallest absolute Gasteiger partial charge is 0.307 e. The van der Waals surface area contributed by atoms with Crippen LogP contribution in [0.2, 0.25) is 0 Å². The molecule has 0 spiro atoms. The number of hydrogen-bond acceptors (Lipinski definition) is 6. The van der Waals surface area contributed by atoms with Crippen molar-refractivity contribution in [2.24, 2.45) is 13.0 Å². The van der Waals surface area contributed by atoms with Crippen molar-refractivity contribution in [3.8, 4) is 0 Å². The van der Waals surface area contributed by atoms with Crippen LogP contribution in [-0.4, -0.2) is 67.4 Å². The third kappa shape index (κ3) is 5.08. The summed E-state index contributed by atoms with van der Waals surface area (Å²) < 4.78 is 29.9. The van der Waals surface area contributed by atoms with Crippen LogP contribution in [0.25, 0.3) is 10.2 Å². The van der Waals surface area contributed by atoms with E-state index in [1.54, 1.807) is 25.2 Å². The van der Waals surface area contributed by atoms with Crippen molar-refractivity contribution in [2.75, 3.05) is 39.3 Å². The maximum atomic E-state index is 13.1. The highest BCUT2D eigenvalue weighted by molar-refractivity contribution is 7.89. The summed E-state index contributed by atoms with van der Waals surface area (Å²) in [4.78, 5) is 27.0. The Balaban J connectivity index is 1.30. The molecule has 1 N–H and O–H groups in total. The molecule has 1 aromatic carbocycles. The van der Waals surface area contributed by atoms with Crippen LogP contribution in [-0.2, 0) is 21.9 Å². The predicted octanol–water partition coefficient (Wildman–Crippen LogP) is 1.99. The molecular weight excluding hydrogens is 448 g/mol. The third-order valence-electron chi connectivity index (χ3n) is 6.65. The molecule has 0 radical (unpaired) electrons. The van der Waals surface area contributed by atoms with Gasteiger partial charge in [-0.3, -0.25) is 9.59 Å². The van der Waals surface area contributed by atoms with E-state index in [0.717, 1.165) is 36.5 Å². The summed E-state index contributed by atoms with van der Waals surface area (Å²) in [6.07, 6.45) is 6.10. The van der Waals surface area contributed by atoms with Crippen LogP contribution in [0.1, 0.15) is 38.5 Å². The molecule has 2 aliphatic rings. The Morgan fingerprint density at radius 1 is 1.09 bits per heavy atom. The molecule has 2 aliphatic heterocycles. The van der Waals surface area contributed by atoms with Crippen LogP contribution in [0.3, 0.4) is 0 Å². The number of rotatable bonds is 6. The molecule has 0 saturated carbocycles. The molecule has 8 nitrogen and oxygen atoms in total. The fourth-order valence-corrected chi connectivity index (χ4v) is 7.11. The van der Waals surface area contributed by atoms with E-state index in [4.69, 9.17) is 0 Å². The molecule has 0 atom stereocenters. The van der Waals surface area contributed by atoms with E-state index in [-0.39, 0.29) is 21.6 Å². The van der Waals surface area contributed by atoms with Crippen LogP contribution >= 0.6 is 11.3 Å². The minimum absolute atomic E-state index is 0.0346. The third-order valence-corrected chi connectivity index (χ3v) is 9.54. The van der Waals surface area contributed by atoms with Gasteiger partial charge < -0.3 is 14.8 Å². The summed E-state index contributed by atoms with van der Waals surface area (Å²) in [5.74, 6) is -0.111. The lowest BCUT2D eigenvalue weighted by Gasteiger charge is -2.30. The monoisotopic (exact) mass is 480 g/mol. The maximum Gasteiger partial charge on any atom is 0.307 e. The summed E-state index contributed by atoms with van der Waals surface area (Å²) in [6, 6.07) is 4.83. The van der Waals surface area contributed by atoms with Crippen molar-refractivity contribution < 1.29 is 13.2 Å². The summed E-state index contributed by atoms with van der Waals surface area (Å²) in [5, 5.41) is 3.05. The SMILES string of the molecule is Cn1c(=O)sc2cc(S(=O)(=O)N3CCC(C(=O)NCCN4CCCCCC4)CC3)ccc21. The number of nitrogens with one attached hydrogen (secondary N) is 1. The molecule has 32 heavy (non-hydrogen) atoms. The first kappa shape index (κ1) is 23.4. The van der Waals surface area contributed by atoms with Crippen molar-refractivity contribution >= 4 is 37.5 Å². The van der Waals surface area contributed by atoms with Gasteiger partial charge >= 0.3 is 4.87 Å². The van der Waals surface area contributed by atoms with Crippen LogP contribution in [0, 0.1) is 5.92 Å². The summed E-state index contributed by atoms with van der Waals surface area (Å²) in [6.45, 7) is 4.41. The number of fused-ring (bicyclic) bond motifs is 1. The van der Waals surface area contributed by atoms with E-state index >= 15 is 0 Å². The topological polar surface area (TPSA) is 91.7 Å². The van der Waals surface area contributed by atoms with Crippen LogP contribution in [0.4, 0.5) is 0 Å². The van der Waals surface area contributed by atoms with Gasteiger partial charge in [-0.25, -0.2) is 8.42 Å². The average Bonchev–Trinajstić information content (AvgIpc) is 2.95. The summed E-state index contributed by atoms with van der Waals surface area (Å²) in [5.41, 5.74) is 0.731. The largest absolute Gasteiger partial charge is 0.355 e. The number of nitrogens with zero attached hydrogens (tertiary/aromatic N) is 3.